The number of ether oxygens (including phenoxy) is 1. The van der Waals surface area contributed by atoms with Gasteiger partial charge in [0.15, 0.2) is 5.75 Å². The monoisotopic (exact) mass is 580 g/mol. The molecular weight excluding hydrogens is 554 g/mol. The number of halogens is 3. The molecular formula is C29H27ClF2N6O3. The number of amides is 1. The molecule has 12 heteroatoms. The molecule has 2 atom stereocenters. The van der Waals surface area contributed by atoms with Crippen molar-refractivity contribution in [3.8, 4) is 16.9 Å². The van der Waals surface area contributed by atoms with E-state index in [4.69, 9.17) is 22.9 Å². The molecule has 2 aromatic carbocycles. The Bertz CT molecular complexity index is 1670. The van der Waals surface area contributed by atoms with Crippen LogP contribution < -0.4 is 15.3 Å². The number of hydrogen-bond donors (Lipinski definition) is 0. The van der Waals surface area contributed by atoms with E-state index in [2.05, 4.69) is 21.3 Å². The molecule has 2 saturated heterocycles. The fraction of sp³-hybridized carbons (Fsp3) is 0.379. The van der Waals surface area contributed by atoms with Gasteiger partial charge < -0.3 is 24.3 Å². The van der Waals surface area contributed by atoms with Gasteiger partial charge in [0.05, 0.1) is 16.6 Å². The van der Waals surface area contributed by atoms with Gasteiger partial charge in [0.2, 0.25) is 12.5 Å². The summed E-state index contributed by atoms with van der Waals surface area (Å²) < 4.78 is 36.7. The quantitative estimate of drug-likeness (QED) is 0.327. The Balaban J connectivity index is 1.54. The van der Waals surface area contributed by atoms with Crippen molar-refractivity contribution < 1.29 is 18.3 Å². The lowest BCUT2D eigenvalue weighted by Crippen LogP contribution is -2.56. The first kappa shape index (κ1) is 27.2. The van der Waals surface area contributed by atoms with Crippen LogP contribution in [0.5, 0.6) is 5.75 Å². The molecule has 6 rings (SSSR count). The Hall–Kier alpha value is -4.01. The Morgan fingerprint density at radius 1 is 1.22 bits per heavy atom. The Morgan fingerprint density at radius 2 is 2.02 bits per heavy atom. The first-order valence-corrected chi connectivity index (χ1v) is 13.8. The number of piperazine rings is 1. The Labute approximate surface area is 240 Å². The molecule has 4 heterocycles. The molecule has 3 aliphatic rings. The normalized spacial score (nSPS) is 20.3. The summed E-state index contributed by atoms with van der Waals surface area (Å²) in [5.74, 6) is -1.21. The number of aromatic nitrogens is 2. The van der Waals surface area contributed by atoms with Gasteiger partial charge in [-0.05, 0) is 43.8 Å². The maximum absolute atomic E-state index is 15.0. The van der Waals surface area contributed by atoms with Crippen LogP contribution in [-0.4, -0.2) is 83.7 Å². The predicted molar refractivity (Wildman–Crippen MR) is 151 cm³/mol. The zero-order chi connectivity index (χ0) is 28.8. The van der Waals surface area contributed by atoms with Crippen LogP contribution in [0.1, 0.15) is 12.5 Å². The van der Waals surface area contributed by atoms with Crippen molar-refractivity contribution in [1.29, 1.82) is 0 Å². The fourth-order valence-corrected chi connectivity index (χ4v) is 6.25. The molecule has 2 fully saturated rings. The minimum absolute atomic E-state index is 0.0560. The van der Waals surface area contributed by atoms with Crippen LogP contribution in [0.3, 0.4) is 0 Å². The number of anilines is 1. The summed E-state index contributed by atoms with van der Waals surface area (Å²) >= 11 is 6.79. The lowest BCUT2D eigenvalue weighted by atomic mass is 9.99. The van der Waals surface area contributed by atoms with Gasteiger partial charge in [-0.25, -0.2) is 20.1 Å². The number of carbonyl (C=O) groups excluding carboxylic acids is 1. The van der Waals surface area contributed by atoms with E-state index in [1.807, 2.05) is 4.90 Å². The van der Waals surface area contributed by atoms with Crippen molar-refractivity contribution in [1.82, 2.24) is 19.4 Å². The molecule has 1 aromatic heterocycles. The molecule has 1 unspecified atom stereocenters. The zero-order valence-electron chi connectivity index (χ0n) is 22.2. The SMILES string of the molecule is [C-]#[N+]C[C@H]1CN(c2nc(=O)n3c4c(c(-c5ccc(F)cc5F)c(Cl)cc24)OCC3CN2CCC2)CCN1C(=O)C=C. The molecule has 0 radical (unpaired) electrons. The molecule has 212 valence electrons. The molecule has 0 bridgehead atoms. The van der Waals surface area contributed by atoms with E-state index in [9.17, 15) is 14.0 Å². The van der Waals surface area contributed by atoms with Crippen LogP contribution in [-0.2, 0) is 4.79 Å². The highest BCUT2D eigenvalue weighted by molar-refractivity contribution is 6.35. The lowest BCUT2D eigenvalue weighted by molar-refractivity contribution is -0.128. The second-order valence-electron chi connectivity index (χ2n) is 10.5. The van der Waals surface area contributed by atoms with Crippen molar-refractivity contribution in [2.24, 2.45) is 0 Å². The van der Waals surface area contributed by atoms with Gasteiger partial charge in [0.25, 0.3) is 0 Å². The van der Waals surface area contributed by atoms with Crippen molar-refractivity contribution in [2.45, 2.75) is 18.5 Å². The first-order chi connectivity index (χ1) is 19.8. The molecule has 3 aliphatic heterocycles. The van der Waals surface area contributed by atoms with E-state index in [1.54, 1.807) is 15.5 Å². The summed E-state index contributed by atoms with van der Waals surface area (Å²) in [5, 5.41) is 0.694. The first-order valence-electron chi connectivity index (χ1n) is 13.4. The van der Waals surface area contributed by atoms with E-state index < -0.39 is 23.4 Å². The molecule has 1 amide bonds. The smallest absolute Gasteiger partial charge is 0.350 e. The van der Waals surface area contributed by atoms with E-state index >= 15 is 4.39 Å². The van der Waals surface area contributed by atoms with Crippen molar-refractivity contribution in [3.63, 3.8) is 0 Å². The lowest BCUT2D eigenvalue weighted by Gasteiger charge is -2.40. The third-order valence-corrected chi connectivity index (χ3v) is 8.34. The van der Waals surface area contributed by atoms with Crippen LogP contribution in [0, 0.1) is 18.2 Å². The van der Waals surface area contributed by atoms with Gasteiger partial charge in [0.1, 0.15) is 30.1 Å². The summed E-state index contributed by atoms with van der Waals surface area (Å²) in [6.07, 6.45) is 2.31. The van der Waals surface area contributed by atoms with E-state index in [1.165, 1.54) is 12.1 Å². The highest BCUT2D eigenvalue weighted by Crippen LogP contribution is 2.47. The average Bonchev–Trinajstić information content (AvgIpc) is 2.93. The van der Waals surface area contributed by atoms with Crippen LogP contribution in [0.2, 0.25) is 5.02 Å². The minimum atomic E-state index is -0.804. The Morgan fingerprint density at radius 3 is 2.71 bits per heavy atom. The minimum Gasteiger partial charge on any atom is -0.488 e. The van der Waals surface area contributed by atoms with Crippen LogP contribution in [0.25, 0.3) is 26.9 Å². The Kier molecular flexibility index (Phi) is 7.13. The predicted octanol–water partition coefficient (Wildman–Crippen LogP) is 3.76. The molecule has 0 aliphatic carbocycles. The number of likely N-dealkylation sites (tertiary alicyclic amines) is 1. The standard InChI is InChI=1S/C29H27ClF2N6O3/c1-3-24(39)37-10-9-36(15-18(37)13-33-2)28-21-12-22(30)25(20-6-5-17(31)11-23(20)32)27-26(21)38(29(40)34-28)19(16-41-27)14-35-7-4-8-35/h3,5-6,11-12,18-19H,1,4,7-10,13-16H2/t18-,19?/m0/s1. The number of rotatable bonds is 6. The summed E-state index contributed by atoms with van der Waals surface area (Å²) in [4.78, 5) is 39.9. The molecule has 0 spiro atoms. The van der Waals surface area contributed by atoms with Crippen molar-refractivity contribution >= 4 is 34.2 Å². The van der Waals surface area contributed by atoms with Gasteiger partial charge in [-0.1, -0.05) is 18.2 Å². The largest absolute Gasteiger partial charge is 0.488 e. The molecule has 3 aromatic rings. The highest BCUT2D eigenvalue weighted by atomic mass is 35.5. The maximum atomic E-state index is 15.0. The average molecular weight is 581 g/mol. The van der Waals surface area contributed by atoms with Gasteiger partial charge >= 0.3 is 5.69 Å². The van der Waals surface area contributed by atoms with Gasteiger partial charge in [-0.15, -0.1) is 0 Å². The molecule has 0 saturated carbocycles. The third-order valence-electron chi connectivity index (χ3n) is 8.04. The van der Waals surface area contributed by atoms with E-state index in [-0.39, 0.29) is 53.5 Å². The topological polar surface area (TPSA) is 75.3 Å². The second kappa shape index (κ2) is 10.8. The van der Waals surface area contributed by atoms with Gasteiger partial charge in [-0.2, -0.15) is 4.98 Å². The fourth-order valence-electron chi connectivity index (χ4n) is 5.96. The number of nitrogens with zero attached hydrogens (tertiary/aromatic N) is 6. The van der Waals surface area contributed by atoms with Crippen LogP contribution in [0.15, 0.2) is 41.7 Å². The van der Waals surface area contributed by atoms with E-state index in [0.29, 0.717) is 36.4 Å². The maximum Gasteiger partial charge on any atom is 0.350 e. The number of hydrogen-bond acceptors (Lipinski definition) is 6. The summed E-state index contributed by atoms with van der Waals surface area (Å²) in [5.41, 5.74) is 0.241. The zero-order valence-corrected chi connectivity index (χ0v) is 22.9. The summed E-state index contributed by atoms with van der Waals surface area (Å²) in [7, 11) is 0. The van der Waals surface area contributed by atoms with Gasteiger partial charge in [0, 0.05) is 48.8 Å². The van der Waals surface area contributed by atoms with Crippen molar-refractivity contribution in [3.05, 3.63) is 75.5 Å². The molecule has 9 nitrogen and oxygen atoms in total. The van der Waals surface area contributed by atoms with Crippen LogP contribution in [0.4, 0.5) is 14.6 Å². The second-order valence-corrected chi connectivity index (χ2v) is 10.9. The summed E-state index contributed by atoms with van der Waals surface area (Å²) in [6.45, 7) is 14.6. The third kappa shape index (κ3) is 4.71. The van der Waals surface area contributed by atoms with Crippen LogP contribution >= 0.6 is 11.6 Å². The van der Waals surface area contributed by atoms with E-state index in [0.717, 1.165) is 31.6 Å². The molecule has 41 heavy (non-hydrogen) atoms. The number of benzene rings is 2. The van der Waals surface area contributed by atoms with Gasteiger partial charge in [-0.3, -0.25) is 9.36 Å². The molecule has 0 N–H and O–H groups in total. The summed E-state index contributed by atoms with van der Waals surface area (Å²) in [6, 6.07) is 4.11. The number of carbonyl (C=O) groups is 1. The highest BCUT2D eigenvalue weighted by Gasteiger charge is 2.36. The van der Waals surface area contributed by atoms with Crippen molar-refractivity contribution in [2.75, 3.05) is 57.3 Å².